The van der Waals surface area contributed by atoms with E-state index in [4.69, 9.17) is 0 Å². The van der Waals surface area contributed by atoms with E-state index in [9.17, 15) is 4.79 Å². The third-order valence-electron chi connectivity index (χ3n) is 2.39. The number of amides is 1. The average molecular weight is 210 g/mol. The molecule has 0 spiro atoms. The van der Waals surface area contributed by atoms with Crippen LogP contribution in [0, 0.1) is 0 Å². The lowest BCUT2D eigenvalue weighted by atomic mass is 10.2. The summed E-state index contributed by atoms with van der Waals surface area (Å²) in [5.41, 5.74) is 0. The molecule has 4 heteroatoms. The highest BCUT2D eigenvalue weighted by molar-refractivity contribution is 7.09. The Kier molecular flexibility index (Phi) is 3.16. The quantitative estimate of drug-likeness (QED) is 0.785. The smallest absolute Gasteiger partial charge is 0.237 e. The van der Waals surface area contributed by atoms with Crippen molar-refractivity contribution >= 4 is 17.2 Å². The number of carbonyl (C=O) groups is 1. The zero-order chi connectivity index (χ0) is 9.80. The molecule has 0 aliphatic carbocycles. The summed E-state index contributed by atoms with van der Waals surface area (Å²) >= 11 is 1.67. The molecule has 14 heavy (non-hydrogen) atoms. The minimum Gasteiger partial charge on any atom is -0.350 e. The van der Waals surface area contributed by atoms with Gasteiger partial charge in [0.2, 0.25) is 5.91 Å². The molecule has 1 aliphatic rings. The molecule has 1 aromatic rings. The second-order valence-electron chi connectivity index (χ2n) is 3.45. The van der Waals surface area contributed by atoms with Crippen molar-refractivity contribution in [2.24, 2.45) is 0 Å². The predicted octanol–water partition coefficient (Wildman–Crippen LogP) is 1.12. The third kappa shape index (κ3) is 2.33. The number of carbonyl (C=O) groups excluding carboxylic acids is 1. The molecule has 0 saturated carbocycles. The van der Waals surface area contributed by atoms with Crippen molar-refractivity contribution in [3.63, 3.8) is 0 Å². The number of nitrogens with one attached hydrogen (secondary N) is 2. The lowest BCUT2D eigenvalue weighted by Gasteiger charge is -2.09. The fourth-order valence-electron chi connectivity index (χ4n) is 1.62. The summed E-state index contributed by atoms with van der Waals surface area (Å²) in [6.45, 7) is 1.63. The fourth-order valence-corrected chi connectivity index (χ4v) is 2.26. The predicted molar refractivity (Wildman–Crippen MR) is 57.2 cm³/mol. The van der Waals surface area contributed by atoms with Crippen molar-refractivity contribution in [2.45, 2.75) is 25.4 Å². The molecule has 1 amide bonds. The number of hydrogen-bond acceptors (Lipinski definition) is 3. The monoisotopic (exact) mass is 210 g/mol. The van der Waals surface area contributed by atoms with E-state index in [0.717, 1.165) is 19.4 Å². The first-order valence-electron chi connectivity index (χ1n) is 4.90. The van der Waals surface area contributed by atoms with Crippen LogP contribution in [0.15, 0.2) is 17.5 Å². The van der Waals surface area contributed by atoms with Crippen LogP contribution in [0.3, 0.4) is 0 Å². The van der Waals surface area contributed by atoms with E-state index < -0.39 is 0 Å². The molecule has 1 atom stereocenters. The molecule has 1 aromatic heterocycles. The molecule has 0 aromatic carbocycles. The molecule has 1 fully saturated rings. The summed E-state index contributed by atoms with van der Waals surface area (Å²) in [6.07, 6.45) is 2.08. The second-order valence-corrected chi connectivity index (χ2v) is 4.48. The lowest BCUT2D eigenvalue weighted by Crippen LogP contribution is -2.39. The van der Waals surface area contributed by atoms with Gasteiger partial charge in [-0.05, 0) is 30.8 Å². The van der Waals surface area contributed by atoms with Crippen LogP contribution in [-0.4, -0.2) is 18.5 Å². The lowest BCUT2D eigenvalue weighted by molar-refractivity contribution is -0.122. The van der Waals surface area contributed by atoms with Gasteiger partial charge in [0, 0.05) is 4.88 Å². The Hall–Kier alpha value is -0.870. The van der Waals surface area contributed by atoms with Gasteiger partial charge in [-0.25, -0.2) is 0 Å². The Labute approximate surface area is 87.5 Å². The zero-order valence-electron chi connectivity index (χ0n) is 7.95. The first-order valence-corrected chi connectivity index (χ1v) is 5.78. The molecule has 1 aliphatic heterocycles. The van der Waals surface area contributed by atoms with Crippen LogP contribution in [0.1, 0.15) is 17.7 Å². The SMILES string of the molecule is O=C(NCc1cccs1)[C@H]1CCCN1. The normalized spacial score (nSPS) is 21.0. The van der Waals surface area contributed by atoms with Crippen molar-refractivity contribution in [2.75, 3.05) is 6.54 Å². The van der Waals surface area contributed by atoms with Crippen molar-refractivity contribution in [3.8, 4) is 0 Å². The molecule has 1 saturated heterocycles. The molecular weight excluding hydrogens is 196 g/mol. The largest absolute Gasteiger partial charge is 0.350 e. The first-order chi connectivity index (χ1) is 6.86. The molecule has 2 heterocycles. The average Bonchev–Trinajstić information content (AvgIpc) is 2.87. The van der Waals surface area contributed by atoms with E-state index in [-0.39, 0.29) is 11.9 Å². The molecular formula is C10H14N2OS. The van der Waals surface area contributed by atoms with Gasteiger partial charge in [-0.15, -0.1) is 11.3 Å². The highest BCUT2D eigenvalue weighted by Gasteiger charge is 2.21. The molecule has 0 bridgehead atoms. The van der Waals surface area contributed by atoms with E-state index in [0.29, 0.717) is 6.54 Å². The van der Waals surface area contributed by atoms with E-state index >= 15 is 0 Å². The number of hydrogen-bond donors (Lipinski definition) is 2. The van der Waals surface area contributed by atoms with Crippen LogP contribution in [0.25, 0.3) is 0 Å². The van der Waals surface area contributed by atoms with E-state index in [1.165, 1.54) is 4.88 Å². The summed E-state index contributed by atoms with van der Waals surface area (Å²) < 4.78 is 0. The van der Waals surface area contributed by atoms with Gasteiger partial charge in [0.15, 0.2) is 0 Å². The van der Waals surface area contributed by atoms with Crippen molar-refractivity contribution in [1.29, 1.82) is 0 Å². The Morgan fingerprint density at radius 3 is 3.29 bits per heavy atom. The zero-order valence-corrected chi connectivity index (χ0v) is 8.77. The Morgan fingerprint density at radius 1 is 1.71 bits per heavy atom. The minimum atomic E-state index is 0.0370. The van der Waals surface area contributed by atoms with Crippen LogP contribution in [0.5, 0.6) is 0 Å². The maximum Gasteiger partial charge on any atom is 0.237 e. The molecule has 2 N–H and O–H groups in total. The van der Waals surface area contributed by atoms with Gasteiger partial charge in [-0.3, -0.25) is 4.79 Å². The van der Waals surface area contributed by atoms with Crippen LogP contribution in [0.2, 0.25) is 0 Å². The topological polar surface area (TPSA) is 41.1 Å². The van der Waals surface area contributed by atoms with E-state index in [1.54, 1.807) is 11.3 Å². The van der Waals surface area contributed by atoms with Crippen LogP contribution in [0.4, 0.5) is 0 Å². The van der Waals surface area contributed by atoms with Gasteiger partial charge in [0.05, 0.1) is 12.6 Å². The van der Waals surface area contributed by atoms with Crippen LogP contribution >= 0.6 is 11.3 Å². The highest BCUT2D eigenvalue weighted by Crippen LogP contribution is 2.09. The third-order valence-corrected chi connectivity index (χ3v) is 3.27. The molecule has 0 radical (unpaired) electrons. The summed E-state index contributed by atoms with van der Waals surface area (Å²) in [7, 11) is 0. The van der Waals surface area contributed by atoms with Gasteiger partial charge in [-0.1, -0.05) is 6.07 Å². The van der Waals surface area contributed by atoms with Crippen molar-refractivity contribution in [3.05, 3.63) is 22.4 Å². The fraction of sp³-hybridized carbons (Fsp3) is 0.500. The maximum absolute atomic E-state index is 11.6. The Balaban J connectivity index is 1.77. The van der Waals surface area contributed by atoms with Gasteiger partial charge in [0.1, 0.15) is 0 Å². The second kappa shape index (κ2) is 4.57. The van der Waals surface area contributed by atoms with Crippen LogP contribution < -0.4 is 10.6 Å². The van der Waals surface area contributed by atoms with E-state index in [1.807, 2.05) is 17.5 Å². The molecule has 0 unspecified atom stereocenters. The van der Waals surface area contributed by atoms with Gasteiger partial charge in [-0.2, -0.15) is 0 Å². The van der Waals surface area contributed by atoms with Gasteiger partial charge < -0.3 is 10.6 Å². The number of thiophene rings is 1. The van der Waals surface area contributed by atoms with Crippen LogP contribution in [-0.2, 0) is 11.3 Å². The molecule has 3 nitrogen and oxygen atoms in total. The molecule has 76 valence electrons. The minimum absolute atomic E-state index is 0.0370. The highest BCUT2D eigenvalue weighted by atomic mass is 32.1. The molecule has 2 rings (SSSR count). The summed E-state index contributed by atoms with van der Waals surface area (Å²) in [6, 6.07) is 4.07. The van der Waals surface area contributed by atoms with Crippen molar-refractivity contribution < 1.29 is 4.79 Å². The van der Waals surface area contributed by atoms with Gasteiger partial charge in [0.25, 0.3) is 0 Å². The van der Waals surface area contributed by atoms with E-state index in [2.05, 4.69) is 10.6 Å². The first kappa shape index (κ1) is 9.68. The Bertz CT molecular complexity index is 291. The summed E-state index contributed by atoms with van der Waals surface area (Å²) in [5.74, 6) is 0.135. The van der Waals surface area contributed by atoms with Gasteiger partial charge >= 0.3 is 0 Å². The number of rotatable bonds is 3. The summed E-state index contributed by atoms with van der Waals surface area (Å²) in [4.78, 5) is 12.8. The maximum atomic E-state index is 11.6. The Morgan fingerprint density at radius 2 is 2.64 bits per heavy atom. The van der Waals surface area contributed by atoms with Crippen molar-refractivity contribution in [1.82, 2.24) is 10.6 Å². The standard InChI is InChI=1S/C10H14N2OS/c13-10(9-4-1-5-11-9)12-7-8-3-2-6-14-8/h2-3,6,9,11H,1,4-5,7H2,(H,12,13)/t9-/m1/s1. The summed E-state index contributed by atoms with van der Waals surface area (Å²) in [5, 5.41) is 8.14.